The third kappa shape index (κ3) is 2.63. The molecule has 0 amide bonds. The number of rotatable bonds is 4. The minimum Gasteiger partial charge on any atom is -0.481 e. The second kappa shape index (κ2) is 4.92. The van der Waals surface area contributed by atoms with Crippen LogP contribution in [0.4, 0.5) is 0 Å². The number of aromatic nitrogens is 2. The molecule has 2 atom stereocenters. The fourth-order valence-corrected chi connectivity index (χ4v) is 3.62. The van der Waals surface area contributed by atoms with Crippen molar-refractivity contribution in [2.24, 2.45) is 5.92 Å². The molecule has 2 bridgehead atoms. The Bertz CT molecular complexity index is 459. The van der Waals surface area contributed by atoms with Crippen molar-refractivity contribution in [1.82, 2.24) is 15.1 Å². The fourth-order valence-electron chi connectivity index (χ4n) is 3.62. The van der Waals surface area contributed by atoms with Crippen LogP contribution in [0.25, 0.3) is 0 Å². The quantitative estimate of drug-likeness (QED) is 0.890. The van der Waals surface area contributed by atoms with Gasteiger partial charge in [-0.05, 0) is 31.6 Å². The van der Waals surface area contributed by atoms with Crippen molar-refractivity contribution in [1.29, 1.82) is 0 Å². The summed E-state index contributed by atoms with van der Waals surface area (Å²) in [6.45, 7) is 2.50. The van der Waals surface area contributed by atoms with Crippen LogP contribution in [0.3, 0.4) is 0 Å². The van der Waals surface area contributed by atoms with E-state index >= 15 is 0 Å². The monoisotopic (exact) mass is 265 g/mol. The number of fused-ring (bicyclic) bond motifs is 2. The molecule has 2 aliphatic rings. The summed E-state index contributed by atoms with van der Waals surface area (Å²) in [5, 5.41) is 16.8. The van der Waals surface area contributed by atoms with E-state index in [1.807, 2.05) is 0 Å². The Morgan fingerprint density at radius 2 is 2.05 bits per heavy atom. The maximum absolute atomic E-state index is 10.8. The number of carboxylic acids is 1. The average molecular weight is 265 g/mol. The van der Waals surface area contributed by atoms with Crippen LogP contribution >= 0.6 is 0 Å². The van der Waals surface area contributed by atoms with Gasteiger partial charge in [0, 0.05) is 25.4 Å². The minimum absolute atomic E-state index is 0.306. The van der Waals surface area contributed by atoms with E-state index in [1.54, 1.807) is 6.92 Å². The predicted octanol–water partition coefficient (Wildman–Crippen LogP) is 1.60. The zero-order valence-electron chi connectivity index (χ0n) is 11.1. The van der Waals surface area contributed by atoms with Gasteiger partial charge in [-0.3, -0.25) is 9.69 Å². The number of nitrogens with zero attached hydrogens (tertiary/aromatic N) is 3. The molecule has 0 radical (unpaired) electrons. The molecule has 0 aliphatic carbocycles. The van der Waals surface area contributed by atoms with E-state index < -0.39 is 5.97 Å². The molecular weight excluding hydrogens is 246 g/mol. The summed E-state index contributed by atoms with van der Waals surface area (Å²) in [6, 6.07) is 0.964. The van der Waals surface area contributed by atoms with Gasteiger partial charge < -0.3 is 9.52 Å². The molecule has 2 fully saturated rings. The van der Waals surface area contributed by atoms with Gasteiger partial charge in [-0.2, -0.15) is 0 Å². The largest absolute Gasteiger partial charge is 0.481 e. The van der Waals surface area contributed by atoms with E-state index in [2.05, 4.69) is 15.1 Å². The molecule has 6 heteroatoms. The Hall–Kier alpha value is -1.43. The average Bonchev–Trinajstić information content (AvgIpc) is 2.82. The van der Waals surface area contributed by atoms with Crippen molar-refractivity contribution in [2.75, 3.05) is 0 Å². The summed E-state index contributed by atoms with van der Waals surface area (Å²) in [7, 11) is 0. The third-order valence-electron chi connectivity index (χ3n) is 4.33. The molecule has 0 aromatic carbocycles. The zero-order valence-corrected chi connectivity index (χ0v) is 11.1. The van der Waals surface area contributed by atoms with Gasteiger partial charge in [-0.15, -0.1) is 10.2 Å². The molecule has 0 spiro atoms. The molecule has 3 heterocycles. The van der Waals surface area contributed by atoms with E-state index in [1.165, 1.54) is 0 Å². The topological polar surface area (TPSA) is 79.5 Å². The van der Waals surface area contributed by atoms with Crippen molar-refractivity contribution in [3.05, 3.63) is 11.8 Å². The molecule has 2 unspecified atom stereocenters. The Morgan fingerprint density at radius 3 is 2.58 bits per heavy atom. The molecule has 1 aromatic heterocycles. The molecule has 1 aromatic rings. The number of carboxylic acid groups (broad SMARTS) is 1. The van der Waals surface area contributed by atoms with Crippen LogP contribution in [-0.4, -0.2) is 38.3 Å². The van der Waals surface area contributed by atoms with Crippen LogP contribution in [0.2, 0.25) is 0 Å². The van der Waals surface area contributed by atoms with Crippen LogP contribution in [0, 0.1) is 12.8 Å². The van der Waals surface area contributed by atoms with Gasteiger partial charge in [0.2, 0.25) is 11.8 Å². The lowest BCUT2D eigenvalue weighted by Gasteiger charge is -2.37. The molecule has 104 valence electrons. The van der Waals surface area contributed by atoms with E-state index in [9.17, 15) is 4.79 Å². The summed E-state index contributed by atoms with van der Waals surface area (Å²) < 4.78 is 5.44. The Kier molecular flexibility index (Phi) is 3.26. The first-order valence-electron chi connectivity index (χ1n) is 6.88. The summed E-state index contributed by atoms with van der Waals surface area (Å²) in [4.78, 5) is 13.3. The van der Waals surface area contributed by atoms with Crippen molar-refractivity contribution in [3.8, 4) is 0 Å². The summed E-state index contributed by atoms with van der Waals surface area (Å²) in [6.07, 6.45) is 4.59. The lowest BCUT2D eigenvalue weighted by Crippen LogP contribution is -2.42. The van der Waals surface area contributed by atoms with Crippen LogP contribution in [0.15, 0.2) is 4.42 Å². The van der Waals surface area contributed by atoms with Gasteiger partial charge >= 0.3 is 5.97 Å². The van der Waals surface area contributed by atoms with Gasteiger partial charge in [0.15, 0.2) is 0 Å². The number of aliphatic carboxylic acids is 1. The highest BCUT2D eigenvalue weighted by molar-refractivity contribution is 5.67. The molecular formula is C13H19N3O3. The van der Waals surface area contributed by atoms with E-state index in [0.29, 0.717) is 42.7 Å². The Balaban J connectivity index is 1.64. The van der Waals surface area contributed by atoms with Gasteiger partial charge in [0.25, 0.3) is 0 Å². The van der Waals surface area contributed by atoms with Gasteiger partial charge in [-0.1, -0.05) is 0 Å². The number of hydrogen-bond donors (Lipinski definition) is 1. The summed E-state index contributed by atoms with van der Waals surface area (Å²) in [5.41, 5.74) is 0. The highest BCUT2D eigenvalue weighted by atomic mass is 16.4. The maximum atomic E-state index is 10.8. The van der Waals surface area contributed by atoms with Crippen LogP contribution in [-0.2, 0) is 11.3 Å². The van der Waals surface area contributed by atoms with Gasteiger partial charge in [0.1, 0.15) is 0 Å². The van der Waals surface area contributed by atoms with Crippen molar-refractivity contribution >= 4 is 5.97 Å². The standard InChI is InChI=1S/C13H19N3O3/c1-8-14-15-12(19-8)7-16-10-2-3-11(16)5-9(4-10)6-13(17)18/h9-11H,2-7H2,1H3,(H,17,18). The first-order chi connectivity index (χ1) is 9.11. The molecule has 3 rings (SSSR count). The van der Waals surface area contributed by atoms with Crippen molar-refractivity contribution in [3.63, 3.8) is 0 Å². The molecule has 2 aliphatic heterocycles. The van der Waals surface area contributed by atoms with E-state index in [-0.39, 0.29) is 0 Å². The molecule has 19 heavy (non-hydrogen) atoms. The molecule has 2 saturated heterocycles. The lowest BCUT2D eigenvalue weighted by atomic mass is 9.88. The Labute approximate surface area is 111 Å². The first kappa shape index (κ1) is 12.6. The summed E-state index contributed by atoms with van der Waals surface area (Å²) >= 11 is 0. The number of carbonyl (C=O) groups is 1. The van der Waals surface area contributed by atoms with Gasteiger partial charge in [0.05, 0.1) is 6.54 Å². The zero-order chi connectivity index (χ0) is 13.4. The highest BCUT2D eigenvalue weighted by Gasteiger charge is 2.41. The van der Waals surface area contributed by atoms with Crippen LogP contribution in [0.5, 0.6) is 0 Å². The molecule has 0 saturated carbocycles. The Morgan fingerprint density at radius 1 is 1.37 bits per heavy atom. The van der Waals surface area contributed by atoms with Crippen LogP contribution < -0.4 is 0 Å². The second-order valence-electron chi connectivity index (χ2n) is 5.71. The maximum Gasteiger partial charge on any atom is 0.303 e. The predicted molar refractivity (Wildman–Crippen MR) is 66.4 cm³/mol. The second-order valence-corrected chi connectivity index (χ2v) is 5.71. The highest BCUT2D eigenvalue weighted by Crippen LogP contribution is 2.40. The third-order valence-corrected chi connectivity index (χ3v) is 4.33. The molecule has 6 nitrogen and oxygen atoms in total. The summed E-state index contributed by atoms with van der Waals surface area (Å²) in [5.74, 6) is 0.926. The van der Waals surface area contributed by atoms with E-state index in [0.717, 1.165) is 25.7 Å². The smallest absolute Gasteiger partial charge is 0.303 e. The van der Waals surface area contributed by atoms with Crippen molar-refractivity contribution in [2.45, 2.75) is 57.7 Å². The number of hydrogen-bond acceptors (Lipinski definition) is 5. The lowest BCUT2D eigenvalue weighted by molar-refractivity contribution is -0.138. The molecule has 1 N–H and O–H groups in total. The minimum atomic E-state index is -0.676. The van der Waals surface area contributed by atoms with Crippen LogP contribution in [0.1, 0.15) is 43.9 Å². The fraction of sp³-hybridized carbons (Fsp3) is 0.769. The van der Waals surface area contributed by atoms with Crippen molar-refractivity contribution < 1.29 is 14.3 Å². The normalized spacial score (nSPS) is 30.7. The number of piperidine rings is 1. The SMILES string of the molecule is Cc1nnc(CN2C3CCC2CC(CC(=O)O)C3)o1. The first-order valence-corrected chi connectivity index (χ1v) is 6.88. The number of aryl methyl sites for hydroxylation is 1. The van der Waals surface area contributed by atoms with Gasteiger partial charge in [-0.25, -0.2) is 0 Å². The van der Waals surface area contributed by atoms with E-state index in [4.69, 9.17) is 9.52 Å².